The highest BCUT2D eigenvalue weighted by Gasteiger charge is 2.08. The third kappa shape index (κ3) is 2.41. The quantitative estimate of drug-likeness (QED) is 0.762. The molecule has 0 N–H and O–H groups in total. The molecule has 0 atom stereocenters. The number of hydrogen-bond acceptors (Lipinski definition) is 3. The highest BCUT2D eigenvalue weighted by atomic mass is 35.5. The minimum absolute atomic E-state index is 0.546. The van der Waals surface area contributed by atoms with E-state index in [2.05, 4.69) is 24.0 Å². The van der Waals surface area contributed by atoms with E-state index in [1.54, 1.807) is 17.5 Å². The third-order valence-electron chi connectivity index (χ3n) is 2.11. The number of aromatic nitrogens is 1. The number of thiophene rings is 1. The van der Waals surface area contributed by atoms with Crippen LogP contribution in [0.1, 0.15) is 17.7 Å². The first-order chi connectivity index (χ1) is 7.33. The molecule has 0 aliphatic rings. The van der Waals surface area contributed by atoms with Crippen molar-refractivity contribution in [3.63, 3.8) is 0 Å². The number of nitrogens with zero attached hydrogens (tertiary/aromatic N) is 1. The van der Waals surface area contributed by atoms with Gasteiger partial charge in [0, 0.05) is 17.2 Å². The molecule has 2 nitrogen and oxygen atoms in total. The summed E-state index contributed by atoms with van der Waals surface area (Å²) in [6, 6.07) is 4.21. The van der Waals surface area contributed by atoms with Crippen LogP contribution in [0.15, 0.2) is 22.7 Å². The van der Waals surface area contributed by atoms with Gasteiger partial charge in [-0.2, -0.15) is 0 Å². The first-order valence-electron chi connectivity index (χ1n) is 4.93. The van der Waals surface area contributed by atoms with Gasteiger partial charge in [0.15, 0.2) is 11.7 Å². The molecule has 2 aromatic heterocycles. The van der Waals surface area contributed by atoms with Crippen molar-refractivity contribution in [1.82, 2.24) is 4.98 Å². The summed E-state index contributed by atoms with van der Waals surface area (Å²) in [7, 11) is 0. The second kappa shape index (κ2) is 4.81. The average Bonchev–Trinajstić information content (AvgIpc) is 2.85. The summed E-state index contributed by atoms with van der Waals surface area (Å²) in [5.74, 6) is 2.11. The molecule has 2 aromatic rings. The van der Waals surface area contributed by atoms with Crippen LogP contribution in [0.25, 0.3) is 10.6 Å². The topological polar surface area (TPSA) is 26.0 Å². The Bertz CT molecular complexity index is 435. The molecule has 80 valence electrons. The lowest BCUT2D eigenvalue weighted by Crippen LogP contribution is -1.83. The molecule has 0 aliphatic carbocycles. The SMILES string of the molecule is CCc1ccc(-c2cnc(CCCl)o2)s1. The van der Waals surface area contributed by atoms with Crippen molar-refractivity contribution in [2.45, 2.75) is 19.8 Å². The Morgan fingerprint density at radius 2 is 2.33 bits per heavy atom. The van der Waals surface area contributed by atoms with Crippen molar-refractivity contribution >= 4 is 22.9 Å². The molecule has 0 aromatic carbocycles. The number of hydrogen-bond donors (Lipinski definition) is 0. The molecule has 15 heavy (non-hydrogen) atoms. The van der Waals surface area contributed by atoms with E-state index in [0.29, 0.717) is 18.2 Å². The van der Waals surface area contributed by atoms with Crippen molar-refractivity contribution in [2.75, 3.05) is 5.88 Å². The summed E-state index contributed by atoms with van der Waals surface area (Å²) in [4.78, 5) is 6.67. The van der Waals surface area contributed by atoms with Crippen molar-refractivity contribution < 1.29 is 4.42 Å². The molecular weight excluding hydrogens is 230 g/mol. The van der Waals surface area contributed by atoms with Gasteiger partial charge >= 0.3 is 0 Å². The second-order valence-electron chi connectivity index (χ2n) is 3.18. The molecule has 0 unspecified atom stereocenters. The smallest absolute Gasteiger partial charge is 0.196 e. The molecule has 2 heterocycles. The molecule has 0 fully saturated rings. The van der Waals surface area contributed by atoms with Crippen LogP contribution in [0.4, 0.5) is 0 Å². The number of aryl methyl sites for hydroxylation is 2. The maximum absolute atomic E-state index is 5.62. The number of halogens is 1. The zero-order chi connectivity index (χ0) is 10.7. The summed E-state index contributed by atoms with van der Waals surface area (Å²) in [5.41, 5.74) is 0. The van der Waals surface area contributed by atoms with Gasteiger partial charge in [0.1, 0.15) is 0 Å². The Morgan fingerprint density at radius 1 is 1.47 bits per heavy atom. The van der Waals surface area contributed by atoms with Gasteiger partial charge in [0.2, 0.25) is 0 Å². The Hall–Kier alpha value is -0.800. The first kappa shape index (κ1) is 10.7. The van der Waals surface area contributed by atoms with E-state index in [-0.39, 0.29) is 0 Å². The molecule has 4 heteroatoms. The van der Waals surface area contributed by atoms with E-state index < -0.39 is 0 Å². The first-order valence-corrected chi connectivity index (χ1v) is 6.28. The van der Waals surface area contributed by atoms with Crippen molar-refractivity contribution in [3.8, 4) is 10.6 Å². The van der Waals surface area contributed by atoms with E-state index in [0.717, 1.165) is 17.1 Å². The van der Waals surface area contributed by atoms with Crippen LogP contribution >= 0.6 is 22.9 Å². The molecule has 0 saturated heterocycles. The van der Waals surface area contributed by atoms with Gasteiger partial charge in [0.05, 0.1) is 11.1 Å². The Balaban J connectivity index is 2.21. The summed E-state index contributed by atoms with van der Waals surface area (Å²) in [5, 5.41) is 0. The minimum Gasteiger partial charge on any atom is -0.440 e. The monoisotopic (exact) mass is 241 g/mol. The van der Waals surface area contributed by atoms with E-state index >= 15 is 0 Å². The second-order valence-corrected chi connectivity index (χ2v) is 4.72. The Morgan fingerprint density at radius 3 is 3.00 bits per heavy atom. The highest BCUT2D eigenvalue weighted by Crippen LogP contribution is 2.28. The van der Waals surface area contributed by atoms with Crippen LogP contribution in [-0.4, -0.2) is 10.9 Å². The van der Waals surface area contributed by atoms with Gasteiger partial charge in [-0.3, -0.25) is 0 Å². The molecule has 0 spiro atoms. The predicted octanol–water partition coefficient (Wildman–Crippen LogP) is 3.75. The largest absolute Gasteiger partial charge is 0.440 e. The predicted molar refractivity (Wildman–Crippen MR) is 63.6 cm³/mol. The Kier molecular flexibility index (Phi) is 3.44. The summed E-state index contributed by atoms with van der Waals surface area (Å²) < 4.78 is 5.58. The van der Waals surface area contributed by atoms with Crippen LogP contribution in [0.2, 0.25) is 0 Å². The van der Waals surface area contributed by atoms with E-state index in [9.17, 15) is 0 Å². The number of rotatable bonds is 4. The molecule has 0 amide bonds. The normalized spacial score (nSPS) is 10.8. The average molecular weight is 242 g/mol. The minimum atomic E-state index is 0.546. The van der Waals surface area contributed by atoms with Crippen molar-refractivity contribution in [1.29, 1.82) is 0 Å². The lowest BCUT2D eigenvalue weighted by atomic mass is 10.3. The molecule has 0 saturated carbocycles. The number of alkyl halides is 1. The number of oxazole rings is 1. The van der Waals surface area contributed by atoms with Crippen LogP contribution < -0.4 is 0 Å². The fraction of sp³-hybridized carbons (Fsp3) is 0.364. The maximum atomic E-state index is 5.62. The van der Waals surface area contributed by atoms with Gasteiger partial charge in [-0.05, 0) is 18.6 Å². The van der Waals surface area contributed by atoms with Crippen LogP contribution in [0, 0.1) is 0 Å². The lowest BCUT2D eigenvalue weighted by molar-refractivity contribution is 0.516. The summed E-state index contributed by atoms with van der Waals surface area (Å²) in [6.07, 6.45) is 3.52. The molecule has 0 radical (unpaired) electrons. The fourth-order valence-electron chi connectivity index (χ4n) is 1.32. The Labute approximate surface area is 97.9 Å². The highest BCUT2D eigenvalue weighted by molar-refractivity contribution is 7.15. The molecule has 0 bridgehead atoms. The van der Waals surface area contributed by atoms with Crippen molar-refractivity contribution in [2.24, 2.45) is 0 Å². The van der Waals surface area contributed by atoms with E-state index in [1.807, 2.05) is 0 Å². The maximum Gasteiger partial charge on any atom is 0.196 e. The third-order valence-corrected chi connectivity index (χ3v) is 3.55. The van der Waals surface area contributed by atoms with Gasteiger partial charge in [0.25, 0.3) is 0 Å². The standard InChI is InChI=1S/C11H12ClNOS/c1-2-8-3-4-10(15-8)9-7-13-11(14-9)5-6-12/h3-4,7H,2,5-6H2,1H3. The summed E-state index contributed by atoms with van der Waals surface area (Å²) in [6.45, 7) is 2.15. The van der Waals surface area contributed by atoms with Crippen molar-refractivity contribution in [3.05, 3.63) is 29.1 Å². The van der Waals surface area contributed by atoms with Crippen LogP contribution in [-0.2, 0) is 12.8 Å². The van der Waals surface area contributed by atoms with Gasteiger partial charge < -0.3 is 4.42 Å². The molecule has 0 aliphatic heterocycles. The lowest BCUT2D eigenvalue weighted by Gasteiger charge is -1.89. The van der Waals surface area contributed by atoms with Crippen LogP contribution in [0.5, 0.6) is 0 Å². The van der Waals surface area contributed by atoms with Gasteiger partial charge in [-0.15, -0.1) is 22.9 Å². The van der Waals surface area contributed by atoms with E-state index in [4.69, 9.17) is 16.0 Å². The fourth-order valence-corrected chi connectivity index (χ4v) is 2.38. The summed E-state index contributed by atoms with van der Waals surface area (Å²) >= 11 is 7.37. The molecular formula is C11H12ClNOS. The van der Waals surface area contributed by atoms with Crippen LogP contribution in [0.3, 0.4) is 0 Å². The zero-order valence-electron chi connectivity index (χ0n) is 8.50. The zero-order valence-corrected chi connectivity index (χ0v) is 10.1. The van der Waals surface area contributed by atoms with E-state index in [1.165, 1.54) is 4.88 Å². The van der Waals surface area contributed by atoms with Gasteiger partial charge in [-0.25, -0.2) is 4.98 Å². The van der Waals surface area contributed by atoms with Gasteiger partial charge in [-0.1, -0.05) is 6.92 Å². The molecule has 2 rings (SSSR count).